The Balaban J connectivity index is 1.76. The zero-order valence-corrected chi connectivity index (χ0v) is 16.7. The van der Waals surface area contributed by atoms with Crippen LogP contribution in [0.3, 0.4) is 0 Å². The highest BCUT2D eigenvalue weighted by Gasteiger charge is 2.64. The second kappa shape index (κ2) is 6.07. The largest absolute Gasteiger partial charge is 0.508 e. The minimum atomic E-state index is -0.210. The normalized spacial score (nSPS) is 39.2. The maximum Gasteiger partial charge on any atom is 0.150 e. The fraction of sp³-hybridized carbons (Fsp3) is 0.650. The molecule has 0 radical (unpaired) electrons. The van der Waals surface area contributed by atoms with Crippen LogP contribution < -0.4 is 0 Å². The molecule has 4 fully saturated rings. The van der Waals surface area contributed by atoms with Crippen LogP contribution in [0.5, 0.6) is 5.75 Å². The standard InChI is InChI=1S/C20H27BrN2O2/c1-3-7-19-10-22-12-20(8-4-2,18(19)25)13-23(11-19)17(22)15-9-14(21)5-6-16(15)24/h5-6,9,17,24H,3-4,7-8,10-13H2,1-2H3. The first kappa shape index (κ1) is 17.5. The minimum absolute atomic E-state index is 0.0839. The van der Waals surface area contributed by atoms with Crippen LogP contribution in [0.4, 0.5) is 0 Å². The fourth-order valence-electron chi connectivity index (χ4n) is 5.82. The number of phenols is 1. The Morgan fingerprint density at radius 1 is 1.08 bits per heavy atom. The molecule has 1 aromatic carbocycles. The van der Waals surface area contributed by atoms with Crippen molar-refractivity contribution >= 4 is 21.7 Å². The monoisotopic (exact) mass is 406 g/mol. The number of Topliss-reactive ketones (excluding diaryl/α,β-unsaturated/α-hetero) is 1. The van der Waals surface area contributed by atoms with Gasteiger partial charge in [-0.05, 0) is 31.0 Å². The van der Waals surface area contributed by atoms with Crippen LogP contribution >= 0.6 is 15.9 Å². The summed E-state index contributed by atoms with van der Waals surface area (Å²) in [6, 6.07) is 5.67. The van der Waals surface area contributed by atoms with Gasteiger partial charge >= 0.3 is 0 Å². The number of carbonyl (C=O) groups excluding carboxylic acids is 1. The molecule has 4 heterocycles. The Labute approximate surface area is 158 Å². The number of piperidine rings is 2. The number of halogens is 1. The van der Waals surface area contributed by atoms with Crippen molar-refractivity contribution < 1.29 is 9.90 Å². The van der Waals surface area contributed by atoms with Crippen LogP contribution in [-0.4, -0.2) is 46.9 Å². The molecule has 1 aromatic rings. The maximum absolute atomic E-state index is 13.5. The van der Waals surface area contributed by atoms with Crippen molar-refractivity contribution in [3.63, 3.8) is 0 Å². The van der Waals surface area contributed by atoms with E-state index in [-0.39, 0.29) is 17.0 Å². The molecule has 4 aliphatic rings. The first-order valence-electron chi connectivity index (χ1n) is 9.46. The highest BCUT2D eigenvalue weighted by atomic mass is 79.9. The molecule has 0 aromatic heterocycles. The molecule has 0 atom stereocenters. The molecule has 4 aliphatic heterocycles. The van der Waals surface area contributed by atoms with Crippen LogP contribution in [0.25, 0.3) is 0 Å². The van der Waals surface area contributed by atoms with Gasteiger partial charge in [0.05, 0.1) is 17.0 Å². The third-order valence-corrected chi connectivity index (χ3v) is 6.90. The number of ketones is 1. The predicted molar refractivity (Wildman–Crippen MR) is 101 cm³/mol. The van der Waals surface area contributed by atoms with Gasteiger partial charge in [0, 0.05) is 36.2 Å². The van der Waals surface area contributed by atoms with E-state index in [1.807, 2.05) is 12.1 Å². The van der Waals surface area contributed by atoms with Crippen molar-refractivity contribution in [3.05, 3.63) is 28.2 Å². The molecule has 0 saturated carbocycles. The number of phenolic OH excluding ortho intramolecular Hbond substituents is 1. The number of carbonyl (C=O) groups is 1. The van der Waals surface area contributed by atoms with Crippen LogP contribution in [-0.2, 0) is 4.79 Å². The molecule has 0 amide bonds. The van der Waals surface area contributed by atoms with E-state index in [1.54, 1.807) is 6.07 Å². The van der Waals surface area contributed by atoms with E-state index >= 15 is 0 Å². The molecule has 0 unspecified atom stereocenters. The molecule has 136 valence electrons. The van der Waals surface area contributed by atoms with Crippen molar-refractivity contribution in [2.75, 3.05) is 26.2 Å². The highest BCUT2D eigenvalue weighted by molar-refractivity contribution is 9.10. The van der Waals surface area contributed by atoms with Gasteiger partial charge in [-0.15, -0.1) is 0 Å². The minimum Gasteiger partial charge on any atom is -0.508 e. The summed E-state index contributed by atoms with van der Waals surface area (Å²) in [6.07, 6.45) is 4.12. The molecule has 4 bridgehead atoms. The first-order chi connectivity index (χ1) is 11.9. The highest BCUT2D eigenvalue weighted by Crippen LogP contribution is 2.56. The second-order valence-corrected chi connectivity index (χ2v) is 9.19. The third kappa shape index (κ3) is 2.50. The number of nitrogens with zero attached hydrogens (tertiary/aromatic N) is 2. The lowest BCUT2D eigenvalue weighted by atomic mass is 9.57. The van der Waals surface area contributed by atoms with E-state index in [0.29, 0.717) is 11.5 Å². The van der Waals surface area contributed by atoms with E-state index in [9.17, 15) is 9.90 Å². The molecule has 25 heavy (non-hydrogen) atoms. The van der Waals surface area contributed by atoms with Gasteiger partial charge in [-0.25, -0.2) is 0 Å². The SMILES string of the molecule is CCCC12CN3CC(CCC)(CN(C1)C3c1cc(Br)ccc1O)C2=O. The molecule has 4 saturated heterocycles. The zero-order chi connectivity index (χ0) is 17.8. The summed E-state index contributed by atoms with van der Waals surface area (Å²) < 4.78 is 0.985. The topological polar surface area (TPSA) is 43.8 Å². The average molecular weight is 407 g/mol. The molecular formula is C20H27BrN2O2. The summed E-state index contributed by atoms with van der Waals surface area (Å²) >= 11 is 3.54. The number of benzene rings is 1. The third-order valence-electron chi connectivity index (χ3n) is 6.40. The summed E-state index contributed by atoms with van der Waals surface area (Å²) in [4.78, 5) is 18.4. The van der Waals surface area contributed by atoms with Gasteiger partial charge in [0.15, 0.2) is 0 Å². The number of hydrogen-bond donors (Lipinski definition) is 1. The molecule has 0 spiro atoms. The van der Waals surface area contributed by atoms with Gasteiger partial charge in [-0.3, -0.25) is 14.6 Å². The molecule has 0 aliphatic carbocycles. The van der Waals surface area contributed by atoms with Crippen molar-refractivity contribution in [3.8, 4) is 5.75 Å². The van der Waals surface area contributed by atoms with E-state index in [4.69, 9.17) is 0 Å². The van der Waals surface area contributed by atoms with Gasteiger partial charge in [0.1, 0.15) is 11.5 Å². The van der Waals surface area contributed by atoms with Gasteiger partial charge in [0.2, 0.25) is 0 Å². The van der Waals surface area contributed by atoms with Gasteiger partial charge in [0.25, 0.3) is 0 Å². The molecule has 4 nitrogen and oxygen atoms in total. The zero-order valence-electron chi connectivity index (χ0n) is 15.1. The van der Waals surface area contributed by atoms with E-state index < -0.39 is 0 Å². The molecule has 5 rings (SSSR count). The van der Waals surface area contributed by atoms with Crippen LogP contribution in [0.1, 0.15) is 51.3 Å². The predicted octanol–water partition coefficient (Wildman–Crippen LogP) is 3.94. The average Bonchev–Trinajstić information content (AvgIpc) is 2.55. The first-order valence-corrected chi connectivity index (χ1v) is 10.3. The van der Waals surface area contributed by atoms with Crippen LogP contribution in [0.15, 0.2) is 22.7 Å². The Bertz CT molecular complexity index is 661. The Morgan fingerprint density at radius 3 is 2.08 bits per heavy atom. The Hall–Kier alpha value is -0.910. The summed E-state index contributed by atoms with van der Waals surface area (Å²) in [7, 11) is 0. The van der Waals surface area contributed by atoms with E-state index in [1.165, 1.54) is 0 Å². The fourth-order valence-corrected chi connectivity index (χ4v) is 6.20. The second-order valence-electron chi connectivity index (χ2n) is 8.28. The summed E-state index contributed by atoms with van der Waals surface area (Å²) in [5.74, 6) is 0.870. The van der Waals surface area contributed by atoms with Gasteiger partial charge < -0.3 is 5.11 Å². The van der Waals surface area contributed by atoms with Crippen molar-refractivity contribution in [2.24, 2.45) is 10.8 Å². The van der Waals surface area contributed by atoms with E-state index in [0.717, 1.165) is 61.9 Å². The van der Waals surface area contributed by atoms with Crippen LogP contribution in [0, 0.1) is 10.8 Å². The van der Waals surface area contributed by atoms with Crippen molar-refractivity contribution in [1.82, 2.24) is 9.80 Å². The number of hydrogen-bond acceptors (Lipinski definition) is 4. The number of aromatic hydroxyl groups is 1. The lowest BCUT2D eigenvalue weighted by molar-refractivity contribution is -0.205. The molecule has 1 N–H and O–H groups in total. The summed E-state index contributed by atoms with van der Waals surface area (Å²) in [6.45, 7) is 7.69. The maximum atomic E-state index is 13.5. The van der Waals surface area contributed by atoms with Crippen molar-refractivity contribution in [1.29, 1.82) is 0 Å². The lowest BCUT2D eigenvalue weighted by Crippen LogP contribution is -2.76. The molecular weight excluding hydrogens is 380 g/mol. The van der Waals surface area contributed by atoms with Gasteiger partial charge in [-0.2, -0.15) is 0 Å². The quantitative estimate of drug-likeness (QED) is 0.803. The number of rotatable bonds is 5. The summed E-state index contributed by atoms with van der Waals surface area (Å²) in [5.41, 5.74) is 0.538. The van der Waals surface area contributed by atoms with Gasteiger partial charge in [-0.1, -0.05) is 42.6 Å². The van der Waals surface area contributed by atoms with Crippen molar-refractivity contribution in [2.45, 2.75) is 45.7 Å². The smallest absolute Gasteiger partial charge is 0.150 e. The lowest BCUT2D eigenvalue weighted by Gasteiger charge is -2.66. The van der Waals surface area contributed by atoms with E-state index in [2.05, 4.69) is 39.6 Å². The summed E-state index contributed by atoms with van der Waals surface area (Å²) in [5, 5.41) is 10.5. The Morgan fingerprint density at radius 2 is 1.60 bits per heavy atom. The van der Waals surface area contributed by atoms with Crippen LogP contribution in [0.2, 0.25) is 0 Å². The molecule has 5 heteroatoms. The Kier molecular flexibility index (Phi) is 4.25.